The van der Waals surface area contributed by atoms with Gasteiger partial charge in [0.2, 0.25) is 6.41 Å². The summed E-state index contributed by atoms with van der Waals surface area (Å²) in [6.45, 7) is 1.96. The van der Waals surface area contributed by atoms with Crippen LogP contribution < -0.4 is 5.32 Å². The zero-order valence-electron chi connectivity index (χ0n) is 8.10. The van der Waals surface area contributed by atoms with Gasteiger partial charge in [-0.15, -0.1) is 11.3 Å². The van der Waals surface area contributed by atoms with Gasteiger partial charge in [0.05, 0.1) is 9.88 Å². The van der Waals surface area contributed by atoms with Crippen LogP contribution in [0.2, 0.25) is 0 Å². The SMILES string of the molecule is Cc1ncc(-c2ccnc(NC=O)c2)s1. The Morgan fingerprint density at radius 3 is 3.00 bits per heavy atom. The van der Waals surface area contributed by atoms with E-state index in [-0.39, 0.29) is 0 Å². The Hall–Kier alpha value is -1.75. The van der Waals surface area contributed by atoms with Gasteiger partial charge in [-0.2, -0.15) is 0 Å². The van der Waals surface area contributed by atoms with Gasteiger partial charge in [0.25, 0.3) is 0 Å². The molecule has 0 saturated heterocycles. The molecular weight excluding hydrogens is 210 g/mol. The van der Waals surface area contributed by atoms with Crippen LogP contribution in [-0.2, 0) is 4.79 Å². The summed E-state index contributed by atoms with van der Waals surface area (Å²) in [6.07, 6.45) is 4.10. The topological polar surface area (TPSA) is 54.9 Å². The highest BCUT2D eigenvalue weighted by Crippen LogP contribution is 2.26. The van der Waals surface area contributed by atoms with Crippen molar-refractivity contribution in [1.29, 1.82) is 0 Å². The normalized spacial score (nSPS) is 9.93. The van der Waals surface area contributed by atoms with Gasteiger partial charge in [-0.3, -0.25) is 4.79 Å². The summed E-state index contributed by atoms with van der Waals surface area (Å²) in [6, 6.07) is 3.71. The van der Waals surface area contributed by atoms with E-state index < -0.39 is 0 Å². The van der Waals surface area contributed by atoms with E-state index in [0.29, 0.717) is 12.2 Å². The Morgan fingerprint density at radius 1 is 1.47 bits per heavy atom. The molecule has 1 N–H and O–H groups in total. The summed E-state index contributed by atoms with van der Waals surface area (Å²) in [5, 5.41) is 3.54. The first-order valence-corrected chi connectivity index (χ1v) is 5.20. The number of hydrogen-bond acceptors (Lipinski definition) is 4. The minimum atomic E-state index is 0.550. The maximum Gasteiger partial charge on any atom is 0.212 e. The second-order valence-electron chi connectivity index (χ2n) is 2.94. The average molecular weight is 219 g/mol. The predicted molar refractivity (Wildman–Crippen MR) is 59.8 cm³/mol. The molecular formula is C10H9N3OS. The maximum absolute atomic E-state index is 10.3. The first-order chi connectivity index (χ1) is 7.29. The molecule has 0 unspecified atom stereocenters. The molecule has 2 aromatic heterocycles. The van der Waals surface area contributed by atoms with Crippen LogP contribution in [0.1, 0.15) is 5.01 Å². The van der Waals surface area contributed by atoms with Crippen molar-refractivity contribution in [3.8, 4) is 10.4 Å². The third-order valence-electron chi connectivity index (χ3n) is 1.87. The Labute approximate surface area is 91.0 Å². The van der Waals surface area contributed by atoms with Crippen LogP contribution in [0.3, 0.4) is 0 Å². The molecule has 5 heteroatoms. The lowest BCUT2D eigenvalue weighted by molar-refractivity contribution is -0.105. The van der Waals surface area contributed by atoms with Gasteiger partial charge in [0.1, 0.15) is 5.82 Å². The lowest BCUT2D eigenvalue weighted by Crippen LogP contribution is -1.95. The number of rotatable bonds is 3. The number of aryl methyl sites for hydroxylation is 1. The molecule has 2 aromatic rings. The van der Waals surface area contributed by atoms with Crippen LogP contribution in [0.25, 0.3) is 10.4 Å². The van der Waals surface area contributed by atoms with Crippen molar-refractivity contribution in [2.45, 2.75) is 6.92 Å². The largest absolute Gasteiger partial charge is 0.313 e. The zero-order valence-corrected chi connectivity index (χ0v) is 8.91. The molecule has 0 saturated carbocycles. The zero-order chi connectivity index (χ0) is 10.7. The predicted octanol–water partition coefficient (Wildman–Crippen LogP) is 2.08. The van der Waals surface area contributed by atoms with E-state index >= 15 is 0 Å². The molecule has 0 radical (unpaired) electrons. The number of amides is 1. The molecule has 76 valence electrons. The molecule has 2 rings (SSSR count). The third-order valence-corrected chi connectivity index (χ3v) is 2.83. The Morgan fingerprint density at radius 2 is 2.33 bits per heavy atom. The van der Waals surface area contributed by atoms with Crippen LogP contribution >= 0.6 is 11.3 Å². The van der Waals surface area contributed by atoms with Crippen LogP contribution in [0.4, 0.5) is 5.82 Å². The summed E-state index contributed by atoms with van der Waals surface area (Å²) in [5.41, 5.74) is 1.01. The van der Waals surface area contributed by atoms with E-state index in [4.69, 9.17) is 0 Å². The molecule has 4 nitrogen and oxygen atoms in total. The Kier molecular flexibility index (Phi) is 2.73. The van der Waals surface area contributed by atoms with Crippen LogP contribution in [0.15, 0.2) is 24.5 Å². The molecule has 0 bridgehead atoms. The van der Waals surface area contributed by atoms with Gasteiger partial charge in [-0.25, -0.2) is 9.97 Å². The molecule has 0 fully saturated rings. The van der Waals surface area contributed by atoms with Gasteiger partial charge < -0.3 is 5.32 Å². The fourth-order valence-electron chi connectivity index (χ4n) is 1.22. The van der Waals surface area contributed by atoms with E-state index in [0.717, 1.165) is 15.4 Å². The van der Waals surface area contributed by atoms with E-state index in [1.54, 1.807) is 17.5 Å². The minimum absolute atomic E-state index is 0.550. The van der Waals surface area contributed by atoms with E-state index in [2.05, 4.69) is 15.3 Å². The monoisotopic (exact) mass is 219 g/mol. The van der Waals surface area contributed by atoms with E-state index in [9.17, 15) is 4.79 Å². The maximum atomic E-state index is 10.3. The van der Waals surface area contributed by atoms with Crippen molar-refractivity contribution in [2.75, 3.05) is 5.32 Å². The first-order valence-electron chi connectivity index (χ1n) is 4.38. The Bertz CT molecular complexity index is 481. The number of anilines is 1. The van der Waals surface area contributed by atoms with Gasteiger partial charge >= 0.3 is 0 Å². The lowest BCUT2D eigenvalue weighted by atomic mass is 10.2. The van der Waals surface area contributed by atoms with Crippen molar-refractivity contribution in [3.63, 3.8) is 0 Å². The van der Waals surface area contributed by atoms with Crippen LogP contribution in [0, 0.1) is 6.92 Å². The van der Waals surface area contributed by atoms with Gasteiger partial charge in [0, 0.05) is 12.4 Å². The van der Waals surface area contributed by atoms with Gasteiger partial charge in [0.15, 0.2) is 0 Å². The number of carbonyl (C=O) groups excluding carboxylic acids is 1. The lowest BCUT2D eigenvalue weighted by Gasteiger charge is -1.99. The quantitative estimate of drug-likeness (QED) is 0.804. The van der Waals surface area contributed by atoms with Crippen LogP contribution in [0.5, 0.6) is 0 Å². The summed E-state index contributed by atoms with van der Waals surface area (Å²) < 4.78 is 0. The molecule has 0 aliphatic carbocycles. The fourth-order valence-corrected chi connectivity index (χ4v) is 1.99. The van der Waals surface area contributed by atoms with Crippen molar-refractivity contribution >= 4 is 23.6 Å². The molecule has 0 aliphatic rings. The number of nitrogens with zero attached hydrogens (tertiary/aromatic N) is 2. The number of pyridine rings is 1. The molecule has 15 heavy (non-hydrogen) atoms. The average Bonchev–Trinajstić information content (AvgIpc) is 2.66. The smallest absolute Gasteiger partial charge is 0.212 e. The first kappa shape index (κ1) is 9.79. The highest BCUT2D eigenvalue weighted by atomic mass is 32.1. The minimum Gasteiger partial charge on any atom is -0.313 e. The second-order valence-corrected chi connectivity index (χ2v) is 4.17. The van der Waals surface area contributed by atoms with Crippen molar-refractivity contribution in [1.82, 2.24) is 9.97 Å². The van der Waals surface area contributed by atoms with E-state index in [1.165, 1.54) is 0 Å². The standard InChI is InChI=1S/C10H9N3OS/c1-7-12-5-9(15-7)8-2-3-11-10(4-8)13-6-14/h2-6H,1H3,(H,11,13,14). The molecule has 2 heterocycles. The van der Waals surface area contributed by atoms with Gasteiger partial charge in [-0.05, 0) is 24.6 Å². The molecule has 0 aromatic carbocycles. The molecule has 1 amide bonds. The summed E-state index contributed by atoms with van der Waals surface area (Å²) in [5.74, 6) is 0.550. The molecule has 0 spiro atoms. The number of aromatic nitrogens is 2. The van der Waals surface area contributed by atoms with Crippen molar-refractivity contribution in [3.05, 3.63) is 29.5 Å². The summed E-state index contributed by atoms with van der Waals surface area (Å²) >= 11 is 1.61. The number of hydrogen-bond donors (Lipinski definition) is 1. The highest BCUT2D eigenvalue weighted by molar-refractivity contribution is 7.15. The van der Waals surface area contributed by atoms with E-state index in [1.807, 2.05) is 25.3 Å². The number of thiazole rings is 1. The second kappa shape index (κ2) is 4.18. The summed E-state index contributed by atoms with van der Waals surface area (Å²) in [4.78, 5) is 19.5. The highest BCUT2D eigenvalue weighted by Gasteiger charge is 2.02. The Balaban J connectivity index is 2.36. The number of nitrogens with one attached hydrogen (secondary N) is 1. The van der Waals surface area contributed by atoms with Crippen molar-refractivity contribution < 1.29 is 4.79 Å². The fraction of sp³-hybridized carbons (Fsp3) is 0.100. The molecule has 0 aliphatic heterocycles. The number of carbonyl (C=O) groups is 1. The summed E-state index contributed by atoms with van der Waals surface area (Å²) in [7, 11) is 0. The molecule has 0 atom stereocenters. The van der Waals surface area contributed by atoms with Crippen LogP contribution in [-0.4, -0.2) is 16.4 Å². The van der Waals surface area contributed by atoms with Crippen molar-refractivity contribution in [2.24, 2.45) is 0 Å². The van der Waals surface area contributed by atoms with Gasteiger partial charge in [-0.1, -0.05) is 0 Å². The third kappa shape index (κ3) is 2.19.